The highest BCUT2D eigenvalue weighted by Gasteiger charge is 2.70. The van der Waals surface area contributed by atoms with Crippen LogP contribution in [0.5, 0.6) is 5.75 Å². The Hall–Kier alpha value is -5.58. The highest BCUT2D eigenvalue weighted by Crippen LogP contribution is 2.64. The summed E-state index contributed by atoms with van der Waals surface area (Å²) in [5.41, 5.74) is 7.21. The molecule has 3 heterocycles. The topological polar surface area (TPSA) is 119 Å². The summed E-state index contributed by atoms with van der Waals surface area (Å²) in [5.74, 6) is -3.37. The monoisotopic (exact) mass is 764 g/mol. The van der Waals surface area contributed by atoms with Gasteiger partial charge in [0, 0.05) is 31.6 Å². The highest BCUT2D eigenvalue weighted by atomic mass is 16.5. The third-order valence-corrected chi connectivity index (χ3v) is 13.2. The largest absolute Gasteiger partial charge is 0.491 e. The SMILES string of the molecule is Cc1ccc(NN2C(=O)[C@@H]3C[C@@H]4C(=CC[C@@H]5C(=O)N(C6CCN(Cc7ccccc7)CC6)C(=O)[C@@H]54)[C@H](c4ccc(OCCO)cc4)[C@]3(c3ccccc3)C2=O)cc1. The maximum atomic E-state index is 15.4. The van der Waals surface area contributed by atoms with Crippen molar-refractivity contribution < 1.29 is 29.0 Å². The molecule has 3 aliphatic heterocycles. The summed E-state index contributed by atoms with van der Waals surface area (Å²) in [7, 11) is 0. The number of carbonyl (C=O) groups is 4. The molecular weight excluding hydrogens is 717 g/mol. The summed E-state index contributed by atoms with van der Waals surface area (Å²) in [5, 5.41) is 10.6. The summed E-state index contributed by atoms with van der Waals surface area (Å²) < 4.78 is 5.72. The number of hydrogen-bond acceptors (Lipinski definition) is 8. The molecule has 4 amide bonds. The summed E-state index contributed by atoms with van der Waals surface area (Å²) in [6.45, 7) is 4.41. The van der Waals surface area contributed by atoms with E-state index in [2.05, 4.69) is 28.5 Å². The lowest BCUT2D eigenvalue weighted by atomic mass is 9.49. The number of likely N-dealkylation sites (tertiary alicyclic amines) is 2. The van der Waals surface area contributed by atoms with E-state index in [4.69, 9.17) is 4.74 Å². The minimum absolute atomic E-state index is 0.111. The van der Waals surface area contributed by atoms with Crippen molar-refractivity contribution in [3.63, 3.8) is 0 Å². The number of anilines is 1. The van der Waals surface area contributed by atoms with E-state index >= 15 is 4.79 Å². The molecule has 57 heavy (non-hydrogen) atoms. The summed E-state index contributed by atoms with van der Waals surface area (Å²) in [6.07, 6.45) is 4.19. The van der Waals surface area contributed by atoms with Crippen LogP contribution in [0, 0.1) is 30.6 Å². The van der Waals surface area contributed by atoms with Crippen LogP contribution in [0.1, 0.15) is 53.9 Å². The molecule has 4 aromatic carbocycles. The number of allylic oxidation sites excluding steroid dienone is 2. The summed E-state index contributed by atoms with van der Waals surface area (Å²) in [4.78, 5) is 63.5. The lowest BCUT2D eigenvalue weighted by molar-refractivity contribution is -0.144. The van der Waals surface area contributed by atoms with Gasteiger partial charge in [-0.05, 0) is 79.5 Å². The molecule has 4 fully saturated rings. The van der Waals surface area contributed by atoms with E-state index < -0.39 is 35.0 Å². The zero-order valence-corrected chi connectivity index (χ0v) is 32.1. The van der Waals surface area contributed by atoms with Gasteiger partial charge in [0.05, 0.1) is 35.5 Å². The van der Waals surface area contributed by atoms with Crippen molar-refractivity contribution in [1.82, 2.24) is 14.8 Å². The first kappa shape index (κ1) is 37.0. The fraction of sp³-hybridized carbons (Fsp3) is 0.362. The van der Waals surface area contributed by atoms with E-state index in [-0.39, 0.29) is 49.3 Å². The van der Waals surface area contributed by atoms with Gasteiger partial charge in [-0.25, -0.2) is 0 Å². The number of rotatable bonds is 10. The van der Waals surface area contributed by atoms with Gasteiger partial charge in [0.2, 0.25) is 11.8 Å². The number of amides is 4. The Balaban J connectivity index is 1.09. The molecule has 10 nitrogen and oxygen atoms in total. The van der Waals surface area contributed by atoms with E-state index in [0.717, 1.165) is 41.9 Å². The maximum Gasteiger partial charge on any atom is 0.260 e. The number of hydrogen-bond donors (Lipinski definition) is 2. The molecule has 292 valence electrons. The smallest absolute Gasteiger partial charge is 0.260 e. The molecule has 1 saturated carbocycles. The lowest BCUT2D eigenvalue weighted by Gasteiger charge is -2.50. The first-order valence-corrected chi connectivity index (χ1v) is 20.2. The molecule has 6 atom stereocenters. The number of ether oxygens (including phenoxy) is 1. The van der Waals surface area contributed by atoms with Crippen LogP contribution in [0.25, 0.3) is 0 Å². The highest BCUT2D eigenvalue weighted by molar-refractivity contribution is 6.13. The van der Waals surface area contributed by atoms with Gasteiger partial charge in [-0.1, -0.05) is 102 Å². The van der Waals surface area contributed by atoms with E-state index in [1.807, 2.05) is 104 Å². The second kappa shape index (κ2) is 15.1. The second-order valence-corrected chi connectivity index (χ2v) is 16.3. The molecule has 0 radical (unpaired) electrons. The predicted octanol–water partition coefficient (Wildman–Crippen LogP) is 6.02. The fourth-order valence-corrected chi connectivity index (χ4v) is 10.6. The Morgan fingerprint density at radius 2 is 1.47 bits per heavy atom. The second-order valence-electron chi connectivity index (χ2n) is 16.3. The van der Waals surface area contributed by atoms with Gasteiger partial charge in [-0.3, -0.25) is 34.4 Å². The zero-order valence-electron chi connectivity index (χ0n) is 32.1. The fourth-order valence-electron chi connectivity index (χ4n) is 10.6. The average Bonchev–Trinajstić information content (AvgIpc) is 3.62. The first-order valence-electron chi connectivity index (χ1n) is 20.2. The van der Waals surface area contributed by atoms with Crippen LogP contribution in [0.15, 0.2) is 121 Å². The third kappa shape index (κ3) is 6.26. The Kier molecular flexibility index (Phi) is 9.78. The number of imide groups is 2. The standard InChI is InChI=1S/C47H48N4O6/c1-30-12-16-34(17-13-30)48-51-44(54)40-28-39-37(42(32-14-18-36(19-15-32)57-27-26-52)47(40,46(51)56)33-10-6-3-7-11-33)20-21-38-41(39)45(55)50(43(38)53)35-22-24-49(25-23-35)29-31-8-4-2-5-9-31/h2-20,35,38-42,48,52H,21-29H2,1H3/t38-,39+,40-,41-,42-,47+/m0/s1. The number of fused-ring (bicyclic) bond motifs is 4. The number of aryl methyl sites for hydroxylation is 1. The quantitative estimate of drug-likeness (QED) is 0.149. The summed E-state index contributed by atoms with van der Waals surface area (Å²) >= 11 is 0. The van der Waals surface area contributed by atoms with Crippen LogP contribution < -0.4 is 10.2 Å². The number of aliphatic hydroxyl groups excluding tert-OH is 1. The van der Waals surface area contributed by atoms with E-state index in [1.54, 1.807) is 4.90 Å². The Labute approximate surface area is 333 Å². The van der Waals surface area contributed by atoms with Gasteiger partial charge in [-0.15, -0.1) is 0 Å². The number of carbonyl (C=O) groups excluding carboxylic acids is 4. The van der Waals surface area contributed by atoms with E-state index in [9.17, 15) is 19.5 Å². The van der Waals surface area contributed by atoms with Crippen LogP contribution >= 0.6 is 0 Å². The number of benzene rings is 4. The average molecular weight is 765 g/mol. The van der Waals surface area contributed by atoms with Crippen LogP contribution in [0.3, 0.4) is 0 Å². The molecule has 4 aromatic rings. The van der Waals surface area contributed by atoms with Gasteiger partial charge in [-0.2, -0.15) is 5.01 Å². The van der Waals surface area contributed by atoms with Crippen molar-refractivity contribution in [2.24, 2.45) is 23.7 Å². The normalized spacial score (nSPS) is 27.5. The molecule has 9 rings (SSSR count). The summed E-state index contributed by atoms with van der Waals surface area (Å²) in [6, 6.07) is 34.8. The van der Waals surface area contributed by atoms with E-state index in [0.29, 0.717) is 30.7 Å². The lowest BCUT2D eigenvalue weighted by Crippen LogP contribution is -2.53. The van der Waals surface area contributed by atoms with Gasteiger partial charge < -0.3 is 9.84 Å². The molecule has 2 aliphatic carbocycles. The molecular formula is C47H48N4O6. The van der Waals surface area contributed by atoms with Gasteiger partial charge in [0.15, 0.2) is 0 Å². The minimum atomic E-state index is -1.34. The van der Waals surface area contributed by atoms with Crippen molar-refractivity contribution in [3.8, 4) is 5.75 Å². The van der Waals surface area contributed by atoms with Crippen molar-refractivity contribution in [2.45, 2.75) is 56.5 Å². The molecule has 3 saturated heterocycles. The van der Waals surface area contributed by atoms with Crippen molar-refractivity contribution in [3.05, 3.63) is 143 Å². The van der Waals surface area contributed by atoms with Crippen molar-refractivity contribution in [2.75, 3.05) is 31.7 Å². The maximum absolute atomic E-state index is 15.4. The molecule has 0 aromatic heterocycles. The van der Waals surface area contributed by atoms with E-state index in [1.165, 1.54) is 10.6 Å². The Morgan fingerprint density at radius 3 is 2.16 bits per heavy atom. The number of piperidine rings is 1. The molecule has 0 spiro atoms. The molecule has 0 bridgehead atoms. The van der Waals surface area contributed by atoms with Crippen LogP contribution in [0.2, 0.25) is 0 Å². The molecule has 10 heteroatoms. The van der Waals surface area contributed by atoms with Crippen molar-refractivity contribution >= 4 is 29.3 Å². The Bertz CT molecular complexity index is 2180. The van der Waals surface area contributed by atoms with Crippen molar-refractivity contribution in [1.29, 1.82) is 0 Å². The third-order valence-electron chi connectivity index (χ3n) is 13.2. The Morgan fingerprint density at radius 1 is 0.789 bits per heavy atom. The van der Waals surface area contributed by atoms with Gasteiger partial charge in [0.25, 0.3) is 11.8 Å². The molecule has 5 aliphatic rings. The number of aliphatic hydroxyl groups is 1. The zero-order chi connectivity index (χ0) is 39.3. The molecule has 0 unspecified atom stereocenters. The minimum Gasteiger partial charge on any atom is -0.491 e. The van der Waals surface area contributed by atoms with Crippen LogP contribution in [-0.2, 0) is 31.1 Å². The molecule has 2 N–H and O–H groups in total. The first-order chi connectivity index (χ1) is 27.8. The van der Waals surface area contributed by atoms with Gasteiger partial charge >= 0.3 is 0 Å². The predicted molar refractivity (Wildman–Crippen MR) is 214 cm³/mol. The number of hydrazine groups is 1. The number of nitrogens with zero attached hydrogens (tertiary/aromatic N) is 3. The van der Waals surface area contributed by atoms with Crippen LogP contribution in [-0.4, -0.2) is 75.9 Å². The van der Waals surface area contributed by atoms with Gasteiger partial charge in [0.1, 0.15) is 12.4 Å². The number of nitrogens with one attached hydrogen (secondary N) is 1. The van der Waals surface area contributed by atoms with Crippen LogP contribution in [0.4, 0.5) is 5.69 Å².